The van der Waals surface area contributed by atoms with Crippen LogP contribution in [0.1, 0.15) is 46.9 Å². The van der Waals surface area contributed by atoms with Gasteiger partial charge in [0.2, 0.25) is 5.78 Å². The molecular formula is C24H26N2O3. The van der Waals surface area contributed by atoms with Gasteiger partial charge in [0.25, 0.3) is 0 Å². The fourth-order valence-corrected chi connectivity index (χ4v) is 3.00. The summed E-state index contributed by atoms with van der Waals surface area (Å²) >= 11 is 0. The minimum atomic E-state index is -0.0936. The van der Waals surface area contributed by atoms with E-state index in [1.165, 1.54) is 5.56 Å². The Hall–Kier alpha value is -3.34. The summed E-state index contributed by atoms with van der Waals surface area (Å²) in [5, 5.41) is 4.03. The normalized spacial score (nSPS) is 11.2. The molecule has 0 amide bonds. The Labute approximate surface area is 171 Å². The van der Waals surface area contributed by atoms with Crippen molar-refractivity contribution >= 4 is 11.9 Å². The third kappa shape index (κ3) is 5.13. The molecule has 150 valence electrons. The van der Waals surface area contributed by atoms with Crippen molar-refractivity contribution in [1.82, 2.24) is 9.78 Å². The molecule has 0 saturated heterocycles. The topological polar surface area (TPSA) is 53.3 Å². The minimum Gasteiger partial charge on any atom is -0.496 e. The van der Waals surface area contributed by atoms with Crippen molar-refractivity contribution < 1.29 is 14.3 Å². The molecule has 0 bridgehead atoms. The number of carbonyl (C=O) groups excluding carboxylic acids is 1. The third-order valence-electron chi connectivity index (χ3n) is 4.75. The van der Waals surface area contributed by atoms with E-state index < -0.39 is 0 Å². The quantitative estimate of drug-likeness (QED) is 0.400. The summed E-state index contributed by atoms with van der Waals surface area (Å²) in [6.45, 7) is 4.71. The molecular weight excluding hydrogens is 364 g/mol. The first kappa shape index (κ1) is 20.4. The monoisotopic (exact) mass is 390 g/mol. The number of nitrogens with zero attached hydrogens (tertiary/aromatic N) is 2. The number of rotatable bonds is 8. The number of benzene rings is 2. The van der Waals surface area contributed by atoms with Gasteiger partial charge < -0.3 is 9.47 Å². The number of aryl methyl sites for hydroxylation is 1. The van der Waals surface area contributed by atoms with Gasteiger partial charge in [0.05, 0.1) is 7.11 Å². The van der Waals surface area contributed by atoms with Crippen molar-refractivity contribution in [3.63, 3.8) is 0 Å². The van der Waals surface area contributed by atoms with E-state index in [1.807, 2.05) is 30.3 Å². The molecule has 0 radical (unpaired) electrons. The van der Waals surface area contributed by atoms with Crippen LogP contribution in [-0.2, 0) is 13.7 Å². The van der Waals surface area contributed by atoms with Gasteiger partial charge in [-0.3, -0.25) is 9.48 Å². The van der Waals surface area contributed by atoms with Gasteiger partial charge in [0, 0.05) is 18.8 Å². The highest BCUT2D eigenvalue weighted by molar-refractivity contribution is 6.05. The van der Waals surface area contributed by atoms with Crippen LogP contribution >= 0.6 is 0 Å². The molecule has 5 heteroatoms. The zero-order chi connectivity index (χ0) is 20.8. The van der Waals surface area contributed by atoms with Crippen LogP contribution < -0.4 is 9.47 Å². The lowest BCUT2D eigenvalue weighted by Crippen LogP contribution is -2.03. The SMILES string of the molecule is COc1ccc(/C=C/C(=O)c2ccnn2C)cc1COc1ccc(C(C)C)cc1. The maximum absolute atomic E-state index is 12.3. The second-order valence-electron chi connectivity index (χ2n) is 7.12. The Morgan fingerprint density at radius 3 is 2.52 bits per heavy atom. The van der Waals surface area contributed by atoms with E-state index in [0.717, 1.165) is 22.6 Å². The summed E-state index contributed by atoms with van der Waals surface area (Å²) in [6, 6.07) is 15.6. The molecule has 0 aliphatic carbocycles. The van der Waals surface area contributed by atoms with E-state index in [-0.39, 0.29) is 5.78 Å². The molecule has 1 aromatic heterocycles. The molecule has 0 fully saturated rings. The molecule has 0 spiro atoms. The number of carbonyl (C=O) groups is 1. The average molecular weight is 390 g/mol. The number of ketones is 1. The average Bonchev–Trinajstić information content (AvgIpc) is 3.16. The first-order valence-corrected chi connectivity index (χ1v) is 9.58. The summed E-state index contributed by atoms with van der Waals surface area (Å²) < 4.78 is 13.0. The fourth-order valence-electron chi connectivity index (χ4n) is 3.00. The number of allylic oxidation sites excluding steroid dienone is 1. The molecule has 29 heavy (non-hydrogen) atoms. The Morgan fingerprint density at radius 1 is 1.14 bits per heavy atom. The van der Waals surface area contributed by atoms with Gasteiger partial charge in [-0.1, -0.05) is 38.1 Å². The molecule has 0 saturated carbocycles. The third-order valence-corrected chi connectivity index (χ3v) is 4.75. The number of hydrogen-bond donors (Lipinski definition) is 0. The van der Waals surface area contributed by atoms with Crippen LogP contribution in [0.3, 0.4) is 0 Å². The summed E-state index contributed by atoms with van der Waals surface area (Å²) in [4.78, 5) is 12.3. The fraction of sp³-hybridized carbons (Fsp3) is 0.250. The number of methoxy groups -OCH3 is 1. The van der Waals surface area contributed by atoms with Crippen LogP contribution in [0.15, 0.2) is 60.8 Å². The van der Waals surface area contributed by atoms with E-state index >= 15 is 0 Å². The van der Waals surface area contributed by atoms with Crippen LogP contribution in [0, 0.1) is 0 Å². The van der Waals surface area contributed by atoms with Crippen molar-refractivity contribution in [3.05, 3.63) is 83.2 Å². The van der Waals surface area contributed by atoms with Gasteiger partial charge in [0.15, 0.2) is 0 Å². The molecule has 5 nitrogen and oxygen atoms in total. The predicted molar refractivity (Wildman–Crippen MR) is 114 cm³/mol. The van der Waals surface area contributed by atoms with Crippen LogP contribution in [0.5, 0.6) is 11.5 Å². The van der Waals surface area contributed by atoms with E-state index in [9.17, 15) is 4.79 Å². The van der Waals surface area contributed by atoms with E-state index in [1.54, 1.807) is 43.3 Å². The van der Waals surface area contributed by atoms with Crippen molar-refractivity contribution in [2.45, 2.75) is 26.4 Å². The highest BCUT2D eigenvalue weighted by Gasteiger charge is 2.08. The zero-order valence-electron chi connectivity index (χ0n) is 17.3. The second-order valence-corrected chi connectivity index (χ2v) is 7.12. The summed E-state index contributed by atoms with van der Waals surface area (Å²) in [7, 11) is 3.38. The Balaban J connectivity index is 1.72. The summed E-state index contributed by atoms with van der Waals surface area (Å²) in [6.07, 6.45) is 4.95. The van der Waals surface area contributed by atoms with E-state index in [2.05, 4.69) is 31.1 Å². The molecule has 0 N–H and O–H groups in total. The minimum absolute atomic E-state index is 0.0936. The lowest BCUT2D eigenvalue weighted by atomic mass is 10.0. The van der Waals surface area contributed by atoms with Gasteiger partial charge >= 0.3 is 0 Å². The number of aromatic nitrogens is 2. The highest BCUT2D eigenvalue weighted by Crippen LogP contribution is 2.24. The largest absolute Gasteiger partial charge is 0.496 e. The molecule has 0 unspecified atom stereocenters. The summed E-state index contributed by atoms with van der Waals surface area (Å²) in [5.74, 6) is 1.95. The van der Waals surface area contributed by atoms with Crippen molar-refractivity contribution in [2.75, 3.05) is 7.11 Å². The molecule has 0 atom stereocenters. The second kappa shape index (κ2) is 9.24. The molecule has 3 aromatic rings. The van der Waals surface area contributed by atoms with Crippen LogP contribution in [0.4, 0.5) is 0 Å². The van der Waals surface area contributed by atoms with Crippen LogP contribution in [-0.4, -0.2) is 22.7 Å². The smallest absolute Gasteiger partial charge is 0.203 e. The molecule has 2 aromatic carbocycles. The van der Waals surface area contributed by atoms with Gasteiger partial charge in [-0.05, 0) is 53.5 Å². The number of ether oxygens (including phenoxy) is 2. The number of hydrogen-bond acceptors (Lipinski definition) is 4. The highest BCUT2D eigenvalue weighted by atomic mass is 16.5. The predicted octanol–water partition coefficient (Wildman–Crippen LogP) is 5.03. The van der Waals surface area contributed by atoms with Crippen molar-refractivity contribution in [2.24, 2.45) is 7.05 Å². The molecule has 0 aliphatic heterocycles. The van der Waals surface area contributed by atoms with E-state index in [0.29, 0.717) is 18.2 Å². The Kier molecular flexibility index (Phi) is 6.50. The zero-order valence-corrected chi connectivity index (χ0v) is 17.3. The van der Waals surface area contributed by atoms with Crippen molar-refractivity contribution in [1.29, 1.82) is 0 Å². The standard InChI is InChI=1S/C24H26N2O3/c1-17(2)19-7-9-21(10-8-19)29-16-20-15-18(6-12-24(20)28-4)5-11-23(27)22-13-14-25-26(22)3/h5-15,17H,16H2,1-4H3/b11-5+. The van der Waals surface area contributed by atoms with Gasteiger partial charge in [0.1, 0.15) is 23.8 Å². The van der Waals surface area contributed by atoms with Gasteiger partial charge in [-0.2, -0.15) is 5.10 Å². The lowest BCUT2D eigenvalue weighted by Gasteiger charge is -2.12. The first-order valence-electron chi connectivity index (χ1n) is 9.58. The van der Waals surface area contributed by atoms with Crippen molar-refractivity contribution in [3.8, 4) is 11.5 Å². The maximum atomic E-state index is 12.3. The summed E-state index contributed by atoms with van der Waals surface area (Å²) in [5.41, 5.74) is 3.63. The van der Waals surface area contributed by atoms with Gasteiger partial charge in [-0.25, -0.2) is 0 Å². The van der Waals surface area contributed by atoms with E-state index in [4.69, 9.17) is 9.47 Å². The Morgan fingerprint density at radius 2 is 1.90 bits per heavy atom. The maximum Gasteiger partial charge on any atom is 0.203 e. The molecule has 0 aliphatic rings. The van der Waals surface area contributed by atoms with Crippen LogP contribution in [0.2, 0.25) is 0 Å². The van der Waals surface area contributed by atoms with Gasteiger partial charge in [-0.15, -0.1) is 0 Å². The molecule has 3 rings (SSSR count). The molecule has 1 heterocycles. The van der Waals surface area contributed by atoms with Crippen LogP contribution in [0.25, 0.3) is 6.08 Å². The lowest BCUT2D eigenvalue weighted by molar-refractivity contribution is 0.103. The first-order chi connectivity index (χ1) is 14.0. The Bertz CT molecular complexity index is 1000.